The first-order chi connectivity index (χ1) is 16.7. The maximum absolute atomic E-state index is 14.2. The van der Waals surface area contributed by atoms with E-state index in [9.17, 15) is 19.1 Å². The molecule has 1 unspecified atom stereocenters. The highest BCUT2D eigenvalue weighted by Gasteiger charge is 2.20. The van der Waals surface area contributed by atoms with Crippen molar-refractivity contribution in [1.29, 1.82) is 0 Å². The van der Waals surface area contributed by atoms with Crippen molar-refractivity contribution in [2.45, 2.75) is 19.9 Å². The van der Waals surface area contributed by atoms with Crippen LogP contribution in [0.1, 0.15) is 40.0 Å². The molecule has 35 heavy (non-hydrogen) atoms. The summed E-state index contributed by atoms with van der Waals surface area (Å²) in [5.41, 5.74) is 9.16. The second kappa shape index (κ2) is 9.42. The van der Waals surface area contributed by atoms with Crippen molar-refractivity contribution in [3.05, 3.63) is 92.9 Å². The molecule has 1 atom stereocenters. The summed E-state index contributed by atoms with van der Waals surface area (Å²) in [6.07, 6.45) is 1.62. The van der Waals surface area contributed by atoms with Crippen molar-refractivity contribution in [2.24, 2.45) is 4.99 Å². The van der Waals surface area contributed by atoms with Crippen LogP contribution >= 0.6 is 0 Å². The van der Waals surface area contributed by atoms with Gasteiger partial charge < -0.3 is 20.6 Å². The molecule has 178 valence electrons. The fourth-order valence-electron chi connectivity index (χ4n) is 4.05. The van der Waals surface area contributed by atoms with Crippen LogP contribution in [-0.2, 0) is 0 Å². The van der Waals surface area contributed by atoms with Gasteiger partial charge >= 0.3 is 5.97 Å². The highest BCUT2D eigenvalue weighted by molar-refractivity contribution is 5.95. The number of nitrogens with zero attached hydrogens (tertiary/aromatic N) is 1. The molecule has 0 fully saturated rings. The third-order valence-corrected chi connectivity index (χ3v) is 5.71. The number of halogens is 1. The molecule has 4 aromatic rings. The zero-order valence-electron chi connectivity index (χ0n) is 19.4. The Hall–Kier alpha value is -4.46. The van der Waals surface area contributed by atoms with Crippen LogP contribution in [0.15, 0.2) is 68.8 Å². The smallest absolute Gasteiger partial charge is 0.340 e. The molecule has 7 nitrogen and oxygen atoms in total. The summed E-state index contributed by atoms with van der Waals surface area (Å²) in [5.74, 6) is -1.87. The van der Waals surface area contributed by atoms with E-state index in [1.54, 1.807) is 44.5 Å². The summed E-state index contributed by atoms with van der Waals surface area (Å²) >= 11 is 0. The molecule has 8 heteroatoms. The van der Waals surface area contributed by atoms with E-state index in [-0.39, 0.29) is 11.1 Å². The number of benzene rings is 3. The first kappa shape index (κ1) is 23.7. The molecule has 0 amide bonds. The predicted octanol–water partition coefficient (Wildman–Crippen LogP) is 5.41. The Bertz CT molecular complexity index is 1540. The predicted molar refractivity (Wildman–Crippen MR) is 136 cm³/mol. The van der Waals surface area contributed by atoms with Crippen LogP contribution in [-0.4, -0.2) is 24.3 Å². The van der Waals surface area contributed by atoms with E-state index >= 15 is 0 Å². The molecule has 3 aromatic carbocycles. The second-order valence-electron chi connectivity index (χ2n) is 8.27. The summed E-state index contributed by atoms with van der Waals surface area (Å²) in [6.45, 7) is 3.64. The van der Waals surface area contributed by atoms with Gasteiger partial charge in [0.2, 0.25) is 0 Å². The zero-order chi connectivity index (χ0) is 25.3. The maximum Gasteiger partial charge on any atom is 0.340 e. The number of aliphatic imine (C=N–C) groups is 1. The molecule has 0 radical (unpaired) electrons. The number of aromatic carboxylic acids is 1. The van der Waals surface area contributed by atoms with E-state index in [1.165, 1.54) is 18.2 Å². The number of carboxylic acids is 1. The van der Waals surface area contributed by atoms with Crippen LogP contribution in [0.4, 0.5) is 15.8 Å². The fourth-order valence-corrected chi connectivity index (χ4v) is 4.05. The van der Waals surface area contributed by atoms with Gasteiger partial charge in [0, 0.05) is 41.7 Å². The Kier molecular flexibility index (Phi) is 6.38. The SMILES string of the molecule is CN=Cc1cc(-c2cc(=O)c3cc(C)cc(C(C)Nc4cccc(F)c4C(=O)O)c3o2)ccc1N. The van der Waals surface area contributed by atoms with E-state index in [4.69, 9.17) is 10.2 Å². The summed E-state index contributed by atoms with van der Waals surface area (Å²) in [7, 11) is 1.64. The largest absolute Gasteiger partial charge is 0.478 e. The van der Waals surface area contributed by atoms with E-state index < -0.39 is 23.4 Å². The van der Waals surface area contributed by atoms with Crippen LogP contribution in [0.3, 0.4) is 0 Å². The Morgan fingerprint density at radius 2 is 1.97 bits per heavy atom. The molecular formula is C27H24FN3O4. The van der Waals surface area contributed by atoms with Crippen LogP contribution in [0.25, 0.3) is 22.3 Å². The van der Waals surface area contributed by atoms with Gasteiger partial charge in [-0.15, -0.1) is 0 Å². The summed E-state index contributed by atoms with van der Waals surface area (Å²) in [6, 6.07) is 13.8. The van der Waals surface area contributed by atoms with Gasteiger partial charge in [0.15, 0.2) is 5.43 Å². The number of aryl methyl sites for hydroxylation is 1. The van der Waals surface area contributed by atoms with Crippen LogP contribution in [0.5, 0.6) is 0 Å². The quantitative estimate of drug-likeness (QED) is 0.255. The van der Waals surface area contributed by atoms with Crippen molar-refractivity contribution in [3.63, 3.8) is 0 Å². The molecule has 0 spiro atoms. The second-order valence-corrected chi connectivity index (χ2v) is 8.27. The molecule has 0 aliphatic carbocycles. The van der Waals surface area contributed by atoms with Gasteiger partial charge in [-0.3, -0.25) is 9.79 Å². The normalized spacial score (nSPS) is 12.2. The minimum atomic E-state index is -1.38. The molecule has 4 N–H and O–H groups in total. The van der Waals surface area contributed by atoms with Crippen molar-refractivity contribution in [2.75, 3.05) is 18.1 Å². The van der Waals surface area contributed by atoms with Gasteiger partial charge in [-0.2, -0.15) is 0 Å². The number of fused-ring (bicyclic) bond motifs is 1. The molecule has 0 aliphatic heterocycles. The molecule has 1 heterocycles. The highest BCUT2D eigenvalue weighted by Crippen LogP contribution is 2.32. The number of nitrogens with two attached hydrogens (primary N) is 1. The molecule has 1 aromatic heterocycles. The average Bonchev–Trinajstić information content (AvgIpc) is 2.80. The first-order valence-electron chi connectivity index (χ1n) is 10.9. The van der Waals surface area contributed by atoms with Gasteiger partial charge in [0.05, 0.1) is 17.1 Å². The van der Waals surface area contributed by atoms with Gasteiger partial charge in [-0.1, -0.05) is 12.1 Å². The maximum atomic E-state index is 14.2. The van der Waals surface area contributed by atoms with Crippen molar-refractivity contribution in [3.8, 4) is 11.3 Å². The highest BCUT2D eigenvalue weighted by atomic mass is 19.1. The number of nitrogens with one attached hydrogen (secondary N) is 1. The molecule has 4 rings (SSSR count). The Morgan fingerprint density at radius 3 is 2.69 bits per heavy atom. The lowest BCUT2D eigenvalue weighted by molar-refractivity contribution is 0.0693. The van der Waals surface area contributed by atoms with Gasteiger partial charge in [-0.05, 0) is 55.8 Å². The minimum Gasteiger partial charge on any atom is -0.478 e. The lowest BCUT2D eigenvalue weighted by atomic mass is 10.00. The van der Waals surface area contributed by atoms with E-state index in [0.29, 0.717) is 39.1 Å². The van der Waals surface area contributed by atoms with Gasteiger partial charge in [0.1, 0.15) is 22.7 Å². The molecule has 0 saturated heterocycles. The van der Waals surface area contributed by atoms with Crippen molar-refractivity contribution in [1.82, 2.24) is 0 Å². The average molecular weight is 474 g/mol. The van der Waals surface area contributed by atoms with E-state index in [2.05, 4.69) is 10.3 Å². The number of rotatable bonds is 6. The number of nitrogen functional groups attached to an aromatic ring is 1. The van der Waals surface area contributed by atoms with E-state index in [0.717, 1.165) is 11.6 Å². The van der Waals surface area contributed by atoms with Crippen LogP contribution in [0.2, 0.25) is 0 Å². The summed E-state index contributed by atoms with van der Waals surface area (Å²) < 4.78 is 20.4. The Balaban J connectivity index is 1.86. The topological polar surface area (TPSA) is 118 Å². The number of carboxylic acid groups (broad SMARTS) is 1. The molecule has 0 saturated carbocycles. The first-order valence-corrected chi connectivity index (χ1v) is 10.9. The lowest BCUT2D eigenvalue weighted by Gasteiger charge is -2.19. The summed E-state index contributed by atoms with van der Waals surface area (Å²) in [5, 5.41) is 12.9. The number of carbonyl (C=O) groups is 1. The molecular weight excluding hydrogens is 449 g/mol. The summed E-state index contributed by atoms with van der Waals surface area (Å²) in [4.78, 5) is 28.7. The molecule has 0 bridgehead atoms. The van der Waals surface area contributed by atoms with Crippen LogP contribution in [0, 0.1) is 12.7 Å². The molecule has 0 aliphatic rings. The van der Waals surface area contributed by atoms with Gasteiger partial charge in [0.25, 0.3) is 0 Å². The zero-order valence-corrected chi connectivity index (χ0v) is 19.4. The van der Waals surface area contributed by atoms with Gasteiger partial charge in [-0.25, -0.2) is 9.18 Å². The standard InChI is InChI=1S/C27H24FN3O4/c1-14-9-18(15(2)31-22-6-4-5-20(28)25(22)27(33)34)26-19(10-14)23(32)12-24(35-26)16-7-8-21(29)17(11-16)13-30-3/h4-13,15,31H,29H2,1-3H3,(H,33,34). The lowest BCUT2D eigenvalue weighted by Crippen LogP contribution is -2.13. The third-order valence-electron chi connectivity index (χ3n) is 5.71. The number of hydrogen-bond donors (Lipinski definition) is 3. The fraction of sp³-hybridized carbons (Fsp3) is 0.148. The number of anilines is 2. The number of hydrogen-bond acceptors (Lipinski definition) is 6. The third kappa shape index (κ3) is 4.63. The minimum absolute atomic E-state index is 0.125. The van der Waals surface area contributed by atoms with Crippen LogP contribution < -0.4 is 16.5 Å². The van der Waals surface area contributed by atoms with Crippen molar-refractivity contribution >= 4 is 34.5 Å². The van der Waals surface area contributed by atoms with E-state index in [1.807, 2.05) is 13.0 Å². The monoisotopic (exact) mass is 473 g/mol. The Morgan fingerprint density at radius 1 is 1.20 bits per heavy atom. The Labute approximate surface area is 200 Å². The van der Waals surface area contributed by atoms with Crippen molar-refractivity contribution < 1.29 is 18.7 Å².